The molecule has 3 rings (SSSR count). The molecular formula is C19H17N3O2. The number of hydrogen-bond acceptors (Lipinski definition) is 4. The molecule has 0 atom stereocenters. The number of benzene rings is 1. The fourth-order valence-corrected chi connectivity index (χ4v) is 2.57. The quantitative estimate of drug-likeness (QED) is 0.796. The first-order valence-electron chi connectivity index (χ1n) is 7.49. The van der Waals surface area contributed by atoms with E-state index in [2.05, 4.69) is 9.97 Å². The lowest BCUT2D eigenvalue weighted by atomic mass is 9.98. The number of rotatable bonds is 4. The number of carbonyl (C=O) groups is 1. The van der Waals surface area contributed by atoms with Crippen molar-refractivity contribution >= 4 is 11.8 Å². The SMILES string of the molecule is CN(C)c1nc(-c2cccnc2)cc(-c2ccccc2)c1C(=O)O. The molecule has 1 N–H and O–H groups in total. The Morgan fingerprint density at radius 1 is 1.04 bits per heavy atom. The van der Waals surface area contributed by atoms with E-state index in [9.17, 15) is 9.90 Å². The zero-order chi connectivity index (χ0) is 17.1. The highest BCUT2D eigenvalue weighted by atomic mass is 16.4. The molecule has 0 spiro atoms. The fraction of sp³-hybridized carbons (Fsp3) is 0.105. The van der Waals surface area contributed by atoms with Crippen molar-refractivity contribution in [1.82, 2.24) is 9.97 Å². The van der Waals surface area contributed by atoms with Crippen molar-refractivity contribution in [3.8, 4) is 22.4 Å². The number of aromatic nitrogens is 2. The fourth-order valence-electron chi connectivity index (χ4n) is 2.57. The second-order valence-corrected chi connectivity index (χ2v) is 5.56. The van der Waals surface area contributed by atoms with Crippen LogP contribution in [0.15, 0.2) is 60.9 Å². The average Bonchev–Trinajstić information content (AvgIpc) is 2.62. The largest absolute Gasteiger partial charge is 0.478 e. The summed E-state index contributed by atoms with van der Waals surface area (Å²) in [5.74, 6) is -0.578. The zero-order valence-corrected chi connectivity index (χ0v) is 13.5. The van der Waals surface area contributed by atoms with Gasteiger partial charge in [0.15, 0.2) is 0 Å². The van der Waals surface area contributed by atoms with Gasteiger partial charge in [-0.25, -0.2) is 9.78 Å². The smallest absolute Gasteiger partial charge is 0.340 e. The van der Waals surface area contributed by atoms with Gasteiger partial charge in [0.1, 0.15) is 11.4 Å². The summed E-state index contributed by atoms with van der Waals surface area (Å²) in [4.78, 5) is 22.3. The van der Waals surface area contributed by atoms with E-state index in [0.29, 0.717) is 17.1 Å². The topological polar surface area (TPSA) is 66.3 Å². The predicted octanol–water partition coefficient (Wildman–Crippen LogP) is 3.57. The van der Waals surface area contributed by atoms with Crippen molar-refractivity contribution in [3.63, 3.8) is 0 Å². The number of carboxylic acids is 1. The number of nitrogens with zero attached hydrogens (tertiary/aromatic N) is 3. The third-order valence-corrected chi connectivity index (χ3v) is 3.68. The highest BCUT2D eigenvalue weighted by molar-refractivity contribution is 6.02. The van der Waals surface area contributed by atoms with Crippen molar-refractivity contribution in [1.29, 1.82) is 0 Å². The summed E-state index contributed by atoms with van der Waals surface area (Å²) in [6, 6.07) is 15.0. The van der Waals surface area contributed by atoms with Crippen LogP contribution < -0.4 is 4.90 Å². The average molecular weight is 319 g/mol. The molecule has 3 aromatic rings. The minimum absolute atomic E-state index is 0.193. The second kappa shape index (κ2) is 6.50. The maximum absolute atomic E-state index is 11.9. The molecular weight excluding hydrogens is 302 g/mol. The number of pyridine rings is 2. The summed E-state index contributed by atoms with van der Waals surface area (Å²) in [7, 11) is 3.58. The number of anilines is 1. The third-order valence-electron chi connectivity index (χ3n) is 3.68. The lowest BCUT2D eigenvalue weighted by molar-refractivity contribution is 0.0698. The summed E-state index contributed by atoms with van der Waals surface area (Å²) in [6.07, 6.45) is 3.41. The van der Waals surface area contributed by atoms with Crippen LogP contribution in [0.3, 0.4) is 0 Å². The molecule has 0 amide bonds. The van der Waals surface area contributed by atoms with Gasteiger partial charge < -0.3 is 10.0 Å². The Morgan fingerprint density at radius 2 is 1.75 bits per heavy atom. The number of aromatic carboxylic acids is 1. The van der Waals surface area contributed by atoms with Crippen LogP contribution in [-0.4, -0.2) is 35.1 Å². The van der Waals surface area contributed by atoms with E-state index < -0.39 is 5.97 Å². The minimum Gasteiger partial charge on any atom is -0.478 e. The highest BCUT2D eigenvalue weighted by Gasteiger charge is 2.21. The Kier molecular flexibility index (Phi) is 4.24. The Hall–Kier alpha value is -3.21. The van der Waals surface area contributed by atoms with Crippen LogP contribution in [0.4, 0.5) is 5.82 Å². The van der Waals surface area contributed by atoms with E-state index in [1.54, 1.807) is 31.4 Å². The number of hydrogen-bond donors (Lipinski definition) is 1. The minimum atomic E-state index is -0.997. The summed E-state index contributed by atoms with van der Waals surface area (Å²) in [6.45, 7) is 0. The third kappa shape index (κ3) is 2.96. The first kappa shape index (κ1) is 15.7. The van der Waals surface area contributed by atoms with Gasteiger partial charge in [0.05, 0.1) is 5.69 Å². The van der Waals surface area contributed by atoms with E-state index in [1.165, 1.54) is 0 Å². The molecule has 0 saturated heterocycles. The maximum atomic E-state index is 11.9. The van der Waals surface area contributed by atoms with Gasteiger partial charge >= 0.3 is 5.97 Å². The first-order valence-corrected chi connectivity index (χ1v) is 7.49. The molecule has 2 aromatic heterocycles. The second-order valence-electron chi connectivity index (χ2n) is 5.56. The van der Waals surface area contributed by atoms with Crippen LogP contribution in [0.2, 0.25) is 0 Å². The molecule has 5 heteroatoms. The predicted molar refractivity (Wildman–Crippen MR) is 94.2 cm³/mol. The van der Waals surface area contributed by atoms with E-state index in [1.807, 2.05) is 48.5 Å². The summed E-state index contributed by atoms with van der Waals surface area (Å²) in [5.41, 5.74) is 3.20. The van der Waals surface area contributed by atoms with Gasteiger partial charge in [-0.05, 0) is 23.8 Å². The molecule has 24 heavy (non-hydrogen) atoms. The summed E-state index contributed by atoms with van der Waals surface area (Å²) in [5, 5.41) is 9.74. The monoisotopic (exact) mass is 319 g/mol. The van der Waals surface area contributed by atoms with E-state index in [0.717, 1.165) is 11.1 Å². The molecule has 0 aliphatic rings. The molecule has 0 saturated carbocycles. The van der Waals surface area contributed by atoms with Gasteiger partial charge in [-0.3, -0.25) is 4.98 Å². The lowest BCUT2D eigenvalue weighted by Gasteiger charge is -2.19. The number of carboxylic acid groups (broad SMARTS) is 1. The van der Waals surface area contributed by atoms with Gasteiger partial charge in [-0.1, -0.05) is 30.3 Å². The van der Waals surface area contributed by atoms with Gasteiger partial charge in [-0.15, -0.1) is 0 Å². The molecule has 0 unspecified atom stereocenters. The Bertz CT molecular complexity index is 863. The van der Waals surface area contributed by atoms with Gasteiger partial charge in [-0.2, -0.15) is 0 Å². The van der Waals surface area contributed by atoms with E-state index in [-0.39, 0.29) is 5.56 Å². The van der Waals surface area contributed by atoms with Crippen molar-refractivity contribution in [2.45, 2.75) is 0 Å². The van der Waals surface area contributed by atoms with Crippen molar-refractivity contribution in [2.24, 2.45) is 0 Å². The zero-order valence-electron chi connectivity index (χ0n) is 13.5. The molecule has 0 radical (unpaired) electrons. The van der Waals surface area contributed by atoms with Crippen LogP contribution in [0.25, 0.3) is 22.4 Å². The molecule has 0 aliphatic carbocycles. The molecule has 0 bridgehead atoms. The van der Waals surface area contributed by atoms with Crippen molar-refractivity contribution in [3.05, 3.63) is 66.5 Å². The van der Waals surface area contributed by atoms with Crippen LogP contribution in [-0.2, 0) is 0 Å². The van der Waals surface area contributed by atoms with Crippen LogP contribution >= 0.6 is 0 Å². The standard InChI is InChI=1S/C19H17N3O2/c1-22(2)18-17(19(23)24)15(13-7-4-3-5-8-13)11-16(21-18)14-9-6-10-20-12-14/h3-12H,1-2H3,(H,23,24). The Balaban J connectivity index is 2.32. The highest BCUT2D eigenvalue weighted by Crippen LogP contribution is 2.33. The first-order chi connectivity index (χ1) is 11.6. The van der Waals surface area contributed by atoms with E-state index in [4.69, 9.17) is 0 Å². The Morgan fingerprint density at radius 3 is 2.33 bits per heavy atom. The van der Waals surface area contributed by atoms with Gasteiger partial charge in [0.25, 0.3) is 0 Å². The molecule has 0 fully saturated rings. The van der Waals surface area contributed by atoms with Crippen molar-refractivity contribution < 1.29 is 9.90 Å². The van der Waals surface area contributed by atoms with E-state index >= 15 is 0 Å². The lowest BCUT2D eigenvalue weighted by Crippen LogP contribution is -2.17. The molecule has 5 nitrogen and oxygen atoms in total. The maximum Gasteiger partial charge on any atom is 0.340 e. The van der Waals surface area contributed by atoms with Gasteiger partial charge in [0.2, 0.25) is 0 Å². The molecule has 120 valence electrons. The normalized spacial score (nSPS) is 10.4. The molecule has 1 aromatic carbocycles. The molecule has 2 heterocycles. The van der Waals surface area contributed by atoms with Crippen LogP contribution in [0.1, 0.15) is 10.4 Å². The molecule has 0 aliphatic heterocycles. The van der Waals surface area contributed by atoms with Gasteiger partial charge in [0, 0.05) is 37.6 Å². The van der Waals surface area contributed by atoms with Crippen molar-refractivity contribution in [2.75, 3.05) is 19.0 Å². The Labute approximate surface area is 140 Å². The summed E-state index contributed by atoms with van der Waals surface area (Å²) >= 11 is 0. The van der Waals surface area contributed by atoms with Crippen LogP contribution in [0, 0.1) is 0 Å². The van der Waals surface area contributed by atoms with Crippen LogP contribution in [0.5, 0.6) is 0 Å². The summed E-state index contributed by atoms with van der Waals surface area (Å²) < 4.78 is 0.